The molecule has 5 unspecified atom stereocenters. The van der Waals surface area contributed by atoms with E-state index in [9.17, 15) is 0 Å². The second-order valence-electron chi connectivity index (χ2n) is 6.68. The van der Waals surface area contributed by atoms with E-state index in [0.717, 1.165) is 24.5 Å². The summed E-state index contributed by atoms with van der Waals surface area (Å²) in [4.78, 5) is 2.76. The van der Waals surface area contributed by atoms with Crippen LogP contribution in [0.1, 0.15) is 32.6 Å². The van der Waals surface area contributed by atoms with E-state index in [2.05, 4.69) is 17.1 Å². The quantitative estimate of drug-likeness (QED) is 0.741. The summed E-state index contributed by atoms with van der Waals surface area (Å²) in [6.07, 6.45) is 5.51. The smallest absolute Gasteiger partial charge is 0.0732 e. The predicted octanol–water partition coefficient (Wildman–Crippen LogP) is 1.24. The minimum Gasteiger partial charge on any atom is -0.374 e. The van der Waals surface area contributed by atoms with E-state index in [0.29, 0.717) is 11.6 Å². The van der Waals surface area contributed by atoms with Gasteiger partial charge in [-0.05, 0) is 38.5 Å². The van der Waals surface area contributed by atoms with Gasteiger partial charge in [0.25, 0.3) is 0 Å². The van der Waals surface area contributed by atoms with Crippen LogP contribution in [0, 0.1) is 11.8 Å². The number of rotatable bonds is 1. The third-order valence-electron chi connectivity index (χ3n) is 5.69. The van der Waals surface area contributed by atoms with Crippen LogP contribution in [0.2, 0.25) is 0 Å². The summed E-state index contributed by atoms with van der Waals surface area (Å²) in [5, 5.41) is 3.56. The van der Waals surface area contributed by atoms with Gasteiger partial charge in [0, 0.05) is 37.6 Å². The Morgan fingerprint density at radius 3 is 3.18 bits per heavy atom. The standard InChI is InChI=1S/C14H24N2O/c1-10-8-16(6-5-15-10)12-3-2-4-14-7-11(9-17-14)13(12)14/h10-13,15H,2-9H2,1H3. The Hall–Kier alpha value is -0.120. The van der Waals surface area contributed by atoms with Gasteiger partial charge in [-0.1, -0.05) is 0 Å². The lowest BCUT2D eigenvalue weighted by atomic mass is 9.55. The molecule has 0 aromatic heterocycles. The van der Waals surface area contributed by atoms with E-state index < -0.39 is 0 Å². The highest BCUT2D eigenvalue weighted by atomic mass is 16.5. The molecule has 0 amide bonds. The zero-order valence-corrected chi connectivity index (χ0v) is 10.8. The summed E-state index contributed by atoms with van der Waals surface area (Å²) in [6.45, 7) is 7.03. The van der Waals surface area contributed by atoms with Crippen molar-refractivity contribution in [2.75, 3.05) is 26.2 Å². The lowest BCUT2D eigenvalue weighted by molar-refractivity contribution is -0.119. The van der Waals surface area contributed by atoms with E-state index in [4.69, 9.17) is 4.74 Å². The Balaban J connectivity index is 1.53. The van der Waals surface area contributed by atoms with Crippen molar-refractivity contribution in [3.63, 3.8) is 0 Å². The summed E-state index contributed by atoms with van der Waals surface area (Å²) in [5.74, 6) is 1.77. The highest BCUT2D eigenvalue weighted by Gasteiger charge is 2.64. The van der Waals surface area contributed by atoms with Crippen molar-refractivity contribution in [1.29, 1.82) is 0 Å². The maximum Gasteiger partial charge on any atom is 0.0732 e. The molecule has 2 aliphatic carbocycles. The van der Waals surface area contributed by atoms with Gasteiger partial charge in [0.15, 0.2) is 0 Å². The van der Waals surface area contributed by atoms with Crippen LogP contribution in [0.25, 0.3) is 0 Å². The zero-order chi connectivity index (χ0) is 11.5. The Labute approximate surface area is 104 Å². The molecule has 0 aromatic carbocycles. The normalized spacial score (nSPS) is 54.2. The Bertz CT molecular complexity index is 317. The average Bonchev–Trinajstić information content (AvgIpc) is 2.87. The Morgan fingerprint density at radius 2 is 2.35 bits per heavy atom. The first-order chi connectivity index (χ1) is 8.28. The third-order valence-corrected chi connectivity index (χ3v) is 5.69. The molecular weight excluding hydrogens is 212 g/mol. The fourth-order valence-corrected chi connectivity index (χ4v) is 5.04. The molecule has 3 saturated heterocycles. The van der Waals surface area contributed by atoms with Crippen LogP contribution in [0.3, 0.4) is 0 Å². The van der Waals surface area contributed by atoms with Gasteiger partial charge in [-0.25, -0.2) is 0 Å². The number of nitrogens with zero attached hydrogens (tertiary/aromatic N) is 1. The number of hydrogen-bond acceptors (Lipinski definition) is 3. The van der Waals surface area contributed by atoms with Gasteiger partial charge >= 0.3 is 0 Å². The predicted molar refractivity (Wildman–Crippen MR) is 67.0 cm³/mol. The second kappa shape index (κ2) is 3.69. The molecule has 17 heavy (non-hydrogen) atoms. The van der Waals surface area contributed by atoms with E-state index in [1.54, 1.807) is 0 Å². The van der Waals surface area contributed by atoms with Crippen LogP contribution in [-0.2, 0) is 4.74 Å². The third kappa shape index (κ3) is 1.45. The first kappa shape index (κ1) is 10.8. The monoisotopic (exact) mass is 236 g/mol. The van der Waals surface area contributed by atoms with Crippen molar-refractivity contribution in [2.24, 2.45) is 11.8 Å². The van der Waals surface area contributed by atoms with Gasteiger partial charge in [-0.3, -0.25) is 4.90 Å². The molecule has 3 aliphatic heterocycles. The molecule has 0 aromatic rings. The zero-order valence-electron chi connectivity index (χ0n) is 10.8. The topological polar surface area (TPSA) is 24.5 Å². The molecule has 5 fully saturated rings. The van der Waals surface area contributed by atoms with Crippen LogP contribution in [0.5, 0.6) is 0 Å². The molecule has 5 atom stereocenters. The van der Waals surface area contributed by atoms with Crippen molar-refractivity contribution in [2.45, 2.75) is 50.3 Å². The van der Waals surface area contributed by atoms with Gasteiger partial charge in [-0.2, -0.15) is 0 Å². The van der Waals surface area contributed by atoms with Gasteiger partial charge in [0.1, 0.15) is 0 Å². The van der Waals surface area contributed by atoms with E-state index in [1.807, 2.05) is 0 Å². The van der Waals surface area contributed by atoms with Crippen molar-refractivity contribution < 1.29 is 4.74 Å². The summed E-state index contributed by atoms with van der Waals surface area (Å²) in [6, 6.07) is 1.50. The van der Waals surface area contributed by atoms with Gasteiger partial charge in [0.2, 0.25) is 0 Å². The molecule has 2 saturated carbocycles. The Morgan fingerprint density at radius 1 is 1.41 bits per heavy atom. The highest BCUT2D eigenvalue weighted by Crippen LogP contribution is 2.61. The van der Waals surface area contributed by atoms with E-state index in [-0.39, 0.29) is 0 Å². The molecule has 2 bridgehead atoms. The molecule has 96 valence electrons. The first-order valence-electron chi connectivity index (χ1n) is 7.40. The molecule has 1 N–H and O–H groups in total. The minimum atomic E-state index is 0.335. The lowest BCUT2D eigenvalue weighted by Crippen LogP contribution is -2.63. The van der Waals surface area contributed by atoms with Crippen LogP contribution < -0.4 is 5.32 Å². The van der Waals surface area contributed by atoms with Crippen LogP contribution in [0.4, 0.5) is 0 Å². The highest BCUT2D eigenvalue weighted by molar-refractivity contribution is 5.15. The molecule has 3 heteroatoms. The second-order valence-corrected chi connectivity index (χ2v) is 6.68. The maximum atomic E-state index is 6.12. The largest absolute Gasteiger partial charge is 0.374 e. The number of fused-ring (bicyclic) bond motifs is 1. The SMILES string of the molecule is CC1CN(C2CCCC34CC(CO3)C24)CCN1. The van der Waals surface area contributed by atoms with Crippen LogP contribution >= 0.6 is 0 Å². The summed E-state index contributed by atoms with van der Waals surface area (Å²) in [5.41, 5.74) is 0.335. The summed E-state index contributed by atoms with van der Waals surface area (Å²) >= 11 is 0. The first-order valence-corrected chi connectivity index (χ1v) is 7.40. The molecule has 5 aliphatic rings. The molecule has 3 heterocycles. The summed E-state index contributed by atoms with van der Waals surface area (Å²) in [7, 11) is 0. The van der Waals surface area contributed by atoms with Crippen molar-refractivity contribution >= 4 is 0 Å². The van der Waals surface area contributed by atoms with Crippen molar-refractivity contribution in [3.05, 3.63) is 0 Å². The Kier molecular flexibility index (Phi) is 2.34. The average molecular weight is 236 g/mol. The lowest BCUT2D eigenvalue weighted by Gasteiger charge is -2.56. The maximum absolute atomic E-state index is 6.12. The van der Waals surface area contributed by atoms with Crippen LogP contribution in [-0.4, -0.2) is 48.8 Å². The molecular formula is C14H24N2O. The number of hydrogen-bond donors (Lipinski definition) is 1. The van der Waals surface area contributed by atoms with Gasteiger partial charge in [-0.15, -0.1) is 0 Å². The van der Waals surface area contributed by atoms with Gasteiger partial charge in [0.05, 0.1) is 12.2 Å². The van der Waals surface area contributed by atoms with E-state index >= 15 is 0 Å². The summed E-state index contributed by atoms with van der Waals surface area (Å²) < 4.78 is 6.12. The minimum absolute atomic E-state index is 0.335. The van der Waals surface area contributed by atoms with Gasteiger partial charge < -0.3 is 10.1 Å². The fourth-order valence-electron chi connectivity index (χ4n) is 5.04. The molecule has 1 spiro atoms. The number of ether oxygens (including phenoxy) is 1. The fraction of sp³-hybridized carbons (Fsp3) is 1.00. The van der Waals surface area contributed by atoms with Crippen molar-refractivity contribution in [3.8, 4) is 0 Å². The molecule has 5 rings (SSSR count). The molecule has 3 nitrogen and oxygen atoms in total. The molecule has 0 radical (unpaired) electrons. The van der Waals surface area contributed by atoms with Crippen LogP contribution in [0.15, 0.2) is 0 Å². The number of piperazine rings is 1. The van der Waals surface area contributed by atoms with E-state index in [1.165, 1.54) is 45.3 Å². The number of nitrogens with one attached hydrogen (secondary N) is 1. The van der Waals surface area contributed by atoms with Crippen molar-refractivity contribution in [1.82, 2.24) is 10.2 Å².